The molecule has 0 N–H and O–H groups in total. The minimum Gasteiger partial charge on any atom is -0.399 e. The summed E-state index contributed by atoms with van der Waals surface area (Å²) < 4.78 is 83.6. The maximum atomic E-state index is 13.4. The second kappa shape index (κ2) is 6.70. The Morgan fingerprint density at radius 1 is 1.11 bits per heavy atom. The minimum atomic E-state index is -4.71. The van der Waals surface area contributed by atoms with Crippen molar-refractivity contribution in [3.63, 3.8) is 0 Å². The van der Waals surface area contributed by atoms with Gasteiger partial charge in [0.25, 0.3) is 0 Å². The zero-order chi connectivity index (χ0) is 21.1. The van der Waals surface area contributed by atoms with Crippen LogP contribution in [0.5, 0.6) is 0 Å². The van der Waals surface area contributed by atoms with Gasteiger partial charge in [0, 0.05) is 20.2 Å². The summed E-state index contributed by atoms with van der Waals surface area (Å²) in [5, 5.41) is 0. The van der Waals surface area contributed by atoms with Gasteiger partial charge in [-0.1, -0.05) is 6.07 Å². The van der Waals surface area contributed by atoms with E-state index in [0.717, 1.165) is 10.4 Å². The van der Waals surface area contributed by atoms with Gasteiger partial charge in [-0.2, -0.15) is 17.5 Å². The second-order valence-electron chi connectivity index (χ2n) is 8.06. The van der Waals surface area contributed by atoms with Gasteiger partial charge in [0.15, 0.2) is 0 Å². The van der Waals surface area contributed by atoms with Crippen molar-refractivity contribution in [1.29, 1.82) is 0 Å². The van der Waals surface area contributed by atoms with Crippen molar-refractivity contribution in [3.05, 3.63) is 23.8 Å². The zero-order valence-electron chi connectivity index (χ0n) is 16.3. The smallest absolute Gasteiger partial charge is 0.399 e. The molecular weight excluding hydrogens is 398 g/mol. The van der Waals surface area contributed by atoms with Crippen molar-refractivity contribution in [2.24, 2.45) is 0 Å². The largest absolute Gasteiger partial charge is 0.494 e. The van der Waals surface area contributed by atoms with Crippen molar-refractivity contribution in [3.8, 4) is 0 Å². The molecule has 2 aliphatic rings. The molecule has 0 unspecified atom stereocenters. The number of methoxy groups -OCH3 is 1. The molecular formula is C17H23BF3NO5S. The van der Waals surface area contributed by atoms with Gasteiger partial charge in [0.05, 0.1) is 27.8 Å². The predicted molar refractivity (Wildman–Crippen MR) is 96.7 cm³/mol. The van der Waals surface area contributed by atoms with Crippen LogP contribution in [0, 0.1) is 0 Å². The summed E-state index contributed by atoms with van der Waals surface area (Å²) in [4.78, 5) is -0.443. The van der Waals surface area contributed by atoms with Crippen LogP contribution in [0.2, 0.25) is 0 Å². The first-order valence-corrected chi connectivity index (χ1v) is 10.2. The monoisotopic (exact) mass is 421 g/mol. The molecule has 2 heterocycles. The topological polar surface area (TPSA) is 65.1 Å². The van der Waals surface area contributed by atoms with Crippen molar-refractivity contribution in [1.82, 2.24) is 4.31 Å². The molecule has 0 bridgehead atoms. The van der Waals surface area contributed by atoms with Crippen LogP contribution in [-0.4, -0.2) is 57.3 Å². The SMILES string of the molecule is COC1CN(S(=O)(=O)c2cc(B3OC(C)(C)C(C)(C)O3)cc(C(F)(F)F)c2)C1. The third-order valence-corrected chi connectivity index (χ3v) is 7.38. The molecule has 3 rings (SSSR count). The first kappa shape index (κ1) is 21.6. The number of sulfonamides is 1. The maximum absolute atomic E-state index is 13.4. The number of alkyl halides is 3. The van der Waals surface area contributed by atoms with Crippen LogP contribution in [0.1, 0.15) is 33.3 Å². The molecule has 2 saturated heterocycles. The third-order valence-electron chi connectivity index (χ3n) is 5.57. The van der Waals surface area contributed by atoms with E-state index in [1.807, 2.05) is 0 Å². The molecule has 28 heavy (non-hydrogen) atoms. The number of benzene rings is 1. The van der Waals surface area contributed by atoms with Gasteiger partial charge >= 0.3 is 13.3 Å². The average molecular weight is 421 g/mol. The highest BCUT2D eigenvalue weighted by Crippen LogP contribution is 2.38. The van der Waals surface area contributed by atoms with Crippen LogP contribution in [0.3, 0.4) is 0 Å². The Balaban J connectivity index is 2.02. The molecule has 1 aromatic carbocycles. The number of halogens is 3. The van der Waals surface area contributed by atoms with Gasteiger partial charge in [-0.15, -0.1) is 0 Å². The van der Waals surface area contributed by atoms with E-state index < -0.39 is 45.0 Å². The second-order valence-corrected chi connectivity index (χ2v) is 9.99. The lowest BCUT2D eigenvalue weighted by molar-refractivity contribution is -0.137. The molecule has 1 aromatic rings. The van der Waals surface area contributed by atoms with Crippen LogP contribution >= 0.6 is 0 Å². The van der Waals surface area contributed by atoms with Crippen molar-refractivity contribution in [2.75, 3.05) is 20.2 Å². The molecule has 2 fully saturated rings. The maximum Gasteiger partial charge on any atom is 0.494 e. The highest BCUT2D eigenvalue weighted by atomic mass is 32.2. The number of ether oxygens (including phenoxy) is 1. The molecule has 6 nitrogen and oxygen atoms in total. The molecule has 0 amide bonds. The van der Waals surface area contributed by atoms with Crippen LogP contribution in [0.15, 0.2) is 23.1 Å². The first-order valence-electron chi connectivity index (χ1n) is 8.78. The molecule has 0 saturated carbocycles. The van der Waals surface area contributed by atoms with E-state index in [4.69, 9.17) is 14.0 Å². The normalized spacial score (nSPS) is 23.1. The van der Waals surface area contributed by atoms with Gasteiger partial charge in [-0.05, 0) is 45.3 Å². The van der Waals surface area contributed by atoms with E-state index >= 15 is 0 Å². The highest BCUT2D eigenvalue weighted by molar-refractivity contribution is 7.89. The Kier molecular flexibility index (Phi) is 5.16. The molecule has 0 radical (unpaired) electrons. The van der Waals surface area contributed by atoms with Gasteiger partial charge in [0.1, 0.15) is 0 Å². The number of rotatable bonds is 4. The average Bonchev–Trinajstić information content (AvgIpc) is 2.73. The number of hydrogen-bond donors (Lipinski definition) is 0. The Labute approximate surface area is 163 Å². The van der Waals surface area contributed by atoms with E-state index in [2.05, 4.69) is 0 Å². The minimum absolute atomic E-state index is 0.0101. The van der Waals surface area contributed by atoms with Crippen LogP contribution in [0.4, 0.5) is 13.2 Å². The Morgan fingerprint density at radius 3 is 2.11 bits per heavy atom. The molecule has 0 spiro atoms. The lowest BCUT2D eigenvalue weighted by atomic mass is 9.78. The zero-order valence-corrected chi connectivity index (χ0v) is 17.1. The summed E-state index contributed by atoms with van der Waals surface area (Å²) in [6, 6.07) is 2.70. The van der Waals surface area contributed by atoms with E-state index in [9.17, 15) is 21.6 Å². The molecule has 0 aromatic heterocycles. The standard InChI is InChI=1S/C17H23BF3NO5S/c1-15(2)16(3,4)27-18(26-15)12-6-11(17(19,20)21)7-14(8-12)28(23,24)22-9-13(10-22)25-5/h6-8,13H,9-10H2,1-5H3. The molecule has 0 aliphatic carbocycles. The fourth-order valence-corrected chi connectivity index (χ4v) is 4.53. The molecule has 0 atom stereocenters. The lowest BCUT2D eigenvalue weighted by Gasteiger charge is -2.37. The van der Waals surface area contributed by atoms with Crippen molar-refractivity contribution >= 4 is 22.6 Å². The summed E-state index contributed by atoms with van der Waals surface area (Å²) in [5.41, 5.74) is -2.60. The summed E-state index contributed by atoms with van der Waals surface area (Å²) in [6.07, 6.45) is -4.98. The van der Waals surface area contributed by atoms with Gasteiger partial charge in [-0.25, -0.2) is 8.42 Å². The molecule has 156 valence electrons. The van der Waals surface area contributed by atoms with E-state index in [0.29, 0.717) is 6.07 Å². The summed E-state index contributed by atoms with van der Waals surface area (Å²) in [6.45, 7) is 7.26. The molecule has 11 heteroatoms. The van der Waals surface area contributed by atoms with E-state index in [1.54, 1.807) is 27.7 Å². The Hall–Kier alpha value is -1.14. The third kappa shape index (κ3) is 3.70. The van der Waals surface area contributed by atoms with Gasteiger partial charge in [-0.3, -0.25) is 0 Å². The van der Waals surface area contributed by atoms with Crippen molar-refractivity contribution < 1.29 is 35.6 Å². The lowest BCUT2D eigenvalue weighted by Crippen LogP contribution is -2.54. The highest BCUT2D eigenvalue weighted by Gasteiger charge is 2.52. The quantitative estimate of drug-likeness (QED) is 0.697. The predicted octanol–water partition coefficient (Wildman–Crippen LogP) is 2.02. The first-order chi connectivity index (χ1) is 12.7. The number of nitrogens with zero attached hydrogens (tertiary/aromatic N) is 1. The number of hydrogen-bond acceptors (Lipinski definition) is 5. The van der Waals surface area contributed by atoms with Crippen LogP contribution < -0.4 is 5.46 Å². The van der Waals surface area contributed by atoms with Gasteiger partial charge < -0.3 is 14.0 Å². The summed E-state index contributed by atoms with van der Waals surface area (Å²) in [7, 11) is -3.75. The van der Waals surface area contributed by atoms with E-state index in [1.165, 1.54) is 13.2 Å². The fraction of sp³-hybridized carbons (Fsp3) is 0.647. The Morgan fingerprint density at radius 2 is 1.64 bits per heavy atom. The van der Waals surface area contributed by atoms with Crippen LogP contribution in [-0.2, 0) is 30.2 Å². The summed E-state index contributed by atoms with van der Waals surface area (Å²) >= 11 is 0. The van der Waals surface area contributed by atoms with Crippen molar-refractivity contribution in [2.45, 2.75) is 56.1 Å². The fourth-order valence-electron chi connectivity index (χ4n) is 2.95. The summed E-state index contributed by atoms with van der Waals surface area (Å²) in [5.74, 6) is 0. The van der Waals surface area contributed by atoms with Gasteiger partial charge in [0.2, 0.25) is 10.0 Å². The Bertz CT molecular complexity index is 850. The van der Waals surface area contributed by atoms with E-state index in [-0.39, 0.29) is 24.7 Å². The molecule has 2 aliphatic heterocycles. The van der Waals surface area contributed by atoms with Crippen LogP contribution in [0.25, 0.3) is 0 Å².